The Labute approximate surface area is 81.9 Å². The lowest BCUT2D eigenvalue weighted by Crippen LogP contribution is -2.48. The third-order valence-electron chi connectivity index (χ3n) is 1.53. The molecule has 0 atom stereocenters. The Hall–Kier alpha value is -2.23. The molecule has 0 saturated carbocycles. The van der Waals surface area contributed by atoms with Gasteiger partial charge in [-0.3, -0.25) is 25.3 Å². The fourth-order valence-electron chi connectivity index (χ4n) is 0.762. The molecule has 0 aliphatic carbocycles. The average molecular weight is 215 g/mol. The molecule has 0 aliphatic rings. The Bertz CT molecular complexity index is 367. The van der Waals surface area contributed by atoms with Gasteiger partial charge in [0.2, 0.25) is 0 Å². The van der Waals surface area contributed by atoms with Crippen LogP contribution in [0.2, 0.25) is 0 Å². The van der Waals surface area contributed by atoms with Gasteiger partial charge in [-0.2, -0.15) is 0 Å². The molecule has 10 nitrogen and oxygen atoms in total. The van der Waals surface area contributed by atoms with Crippen molar-refractivity contribution in [1.29, 1.82) is 0 Å². The fourth-order valence-corrected chi connectivity index (χ4v) is 0.762. The standard InChI is InChI=1S/C5H5N5O5/c11-5(9(12)13,10(14)15)1-4-7-2-6-3-8-4/h2-3,11H,1H2. The summed E-state index contributed by atoms with van der Waals surface area (Å²) >= 11 is 0. The largest absolute Gasteiger partial charge is 0.583 e. The molecule has 0 fully saturated rings. The second-order valence-electron chi connectivity index (χ2n) is 2.52. The first-order valence-electron chi connectivity index (χ1n) is 3.59. The molecule has 0 spiro atoms. The number of nitrogens with zero attached hydrogens (tertiary/aromatic N) is 5. The van der Waals surface area contributed by atoms with Gasteiger partial charge in [0.25, 0.3) is 0 Å². The van der Waals surface area contributed by atoms with Crippen LogP contribution in [0.5, 0.6) is 0 Å². The Kier molecular flexibility index (Phi) is 2.80. The summed E-state index contributed by atoms with van der Waals surface area (Å²) in [4.78, 5) is 28.1. The van der Waals surface area contributed by atoms with Crippen molar-refractivity contribution in [2.75, 3.05) is 0 Å². The molecule has 0 unspecified atom stereocenters. The quantitative estimate of drug-likeness (QED) is 0.367. The second kappa shape index (κ2) is 3.88. The highest BCUT2D eigenvalue weighted by molar-refractivity contribution is 4.84. The fraction of sp³-hybridized carbons (Fsp3) is 0.400. The summed E-state index contributed by atoms with van der Waals surface area (Å²) < 4.78 is 0. The Morgan fingerprint density at radius 2 is 1.73 bits per heavy atom. The predicted molar refractivity (Wildman–Crippen MR) is 42.5 cm³/mol. The zero-order valence-electron chi connectivity index (χ0n) is 7.18. The van der Waals surface area contributed by atoms with Gasteiger partial charge in [-0.05, 0) is 0 Å². The number of aliphatic hydroxyl groups is 1. The average Bonchev–Trinajstić information content (AvgIpc) is 2.18. The van der Waals surface area contributed by atoms with E-state index in [-0.39, 0.29) is 5.82 Å². The van der Waals surface area contributed by atoms with Crippen LogP contribution in [0.1, 0.15) is 5.82 Å². The van der Waals surface area contributed by atoms with Crippen LogP contribution < -0.4 is 0 Å². The van der Waals surface area contributed by atoms with Crippen LogP contribution in [0.15, 0.2) is 12.7 Å². The van der Waals surface area contributed by atoms with Gasteiger partial charge in [0.05, 0.1) is 0 Å². The number of aromatic nitrogens is 3. The molecule has 10 heteroatoms. The van der Waals surface area contributed by atoms with Crippen molar-refractivity contribution < 1.29 is 15.0 Å². The van der Waals surface area contributed by atoms with Gasteiger partial charge < -0.3 is 0 Å². The van der Waals surface area contributed by atoms with Crippen LogP contribution in [0, 0.1) is 20.2 Å². The second-order valence-corrected chi connectivity index (χ2v) is 2.52. The van der Waals surface area contributed by atoms with E-state index in [0.29, 0.717) is 0 Å². The maximum absolute atomic E-state index is 10.3. The van der Waals surface area contributed by atoms with E-state index in [2.05, 4.69) is 15.0 Å². The molecule has 0 amide bonds. The molecule has 0 aliphatic heterocycles. The van der Waals surface area contributed by atoms with Crippen LogP contribution in [0.4, 0.5) is 0 Å². The van der Waals surface area contributed by atoms with Crippen molar-refractivity contribution >= 4 is 0 Å². The highest BCUT2D eigenvalue weighted by Gasteiger charge is 2.55. The van der Waals surface area contributed by atoms with Gasteiger partial charge in [0.1, 0.15) is 28.3 Å². The van der Waals surface area contributed by atoms with E-state index in [0.717, 1.165) is 12.7 Å². The minimum atomic E-state index is -3.30. The summed E-state index contributed by atoms with van der Waals surface area (Å²) in [5.74, 6) is -3.54. The minimum absolute atomic E-state index is 0.235. The molecule has 1 heterocycles. The van der Waals surface area contributed by atoms with Gasteiger partial charge in [0, 0.05) is 0 Å². The number of hydrogen-bond donors (Lipinski definition) is 1. The molecule has 15 heavy (non-hydrogen) atoms. The molecule has 1 rings (SSSR count). The Morgan fingerprint density at radius 3 is 2.13 bits per heavy atom. The van der Waals surface area contributed by atoms with E-state index in [1.54, 1.807) is 0 Å². The van der Waals surface area contributed by atoms with E-state index < -0.39 is 22.1 Å². The lowest BCUT2D eigenvalue weighted by molar-refractivity contribution is -0.847. The summed E-state index contributed by atoms with van der Waals surface area (Å²) in [6.45, 7) is 0. The van der Waals surface area contributed by atoms with Crippen LogP contribution >= 0.6 is 0 Å². The summed E-state index contributed by atoms with van der Waals surface area (Å²) in [5, 5.41) is 29.7. The molecule has 1 aromatic heterocycles. The van der Waals surface area contributed by atoms with Crippen LogP contribution in [0.3, 0.4) is 0 Å². The maximum atomic E-state index is 10.3. The van der Waals surface area contributed by atoms with Crippen molar-refractivity contribution in [3.05, 3.63) is 38.7 Å². The molecular weight excluding hydrogens is 210 g/mol. The summed E-state index contributed by atoms with van der Waals surface area (Å²) in [5.41, 5.74) is 0. The molecule has 1 N–H and O–H groups in total. The lowest BCUT2D eigenvalue weighted by Gasteiger charge is -2.08. The van der Waals surface area contributed by atoms with Gasteiger partial charge in [0.15, 0.2) is 6.42 Å². The highest BCUT2D eigenvalue weighted by atomic mass is 16.7. The number of hydrogen-bond acceptors (Lipinski definition) is 8. The Morgan fingerprint density at radius 1 is 1.27 bits per heavy atom. The summed E-state index contributed by atoms with van der Waals surface area (Å²) in [6.07, 6.45) is 1.11. The normalized spacial score (nSPS) is 11.0. The van der Waals surface area contributed by atoms with Gasteiger partial charge in [-0.15, -0.1) is 0 Å². The zero-order chi connectivity index (χ0) is 11.5. The number of nitro groups is 2. The maximum Gasteiger partial charge on any atom is 0.583 e. The molecule has 80 valence electrons. The van der Waals surface area contributed by atoms with Gasteiger partial charge in [-0.1, -0.05) is 0 Å². The molecule has 0 bridgehead atoms. The Balaban J connectivity index is 2.95. The SMILES string of the molecule is O=[N+]([O-])C(O)(Cc1ncncn1)[N+](=O)[O-]. The zero-order valence-corrected chi connectivity index (χ0v) is 7.18. The molecule has 0 saturated heterocycles. The highest BCUT2D eigenvalue weighted by Crippen LogP contribution is 2.11. The minimum Gasteiger partial charge on any atom is -0.268 e. The van der Waals surface area contributed by atoms with Gasteiger partial charge in [-0.25, -0.2) is 15.0 Å². The van der Waals surface area contributed by atoms with Crippen molar-refractivity contribution in [2.24, 2.45) is 0 Å². The first-order valence-corrected chi connectivity index (χ1v) is 3.59. The van der Waals surface area contributed by atoms with Crippen molar-refractivity contribution in [1.82, 2.24) is 15.0 Å². The topological polar surface area (TPSA) is 145 Å². The molecule has 1 aromatic rings. The van der Waals surface area contributed by atoms with Crippen LogP contribution in [-0.2, 0) is 6.42 Å². The van der Waals surface area contributed by atoms with E-state index in [1.807, 2.05) is 0 Å². The molecule has 0 radical (unpaired) electrons. The van der Waals surface area contributed by atoms with E-state index in [9.17, 15) is 20.2 Å². The smallest absolute Gasteiger partial charge is 0.268 e. The number of rotatable bonds is 4. The van der Waals surface area contributed by atoms with Crippen LogP contribution in [-0.4, -0.2) is 35.8 Å². The molecular formula is C5H5N5O5. The lowest BCUT2D eigenvalue weighted by atomic mass is 10.3. The third-order valence-corrected chi connectivity index (χ3v) is 1.53. The summed E-state index contributed by atoms with van der Waals surface area (Å²) in [7, 11) is 0. The van der Waals surface area contributed by atoms with Crippen molar-refractivity contribution in [2.45, 2.75) is 12.3 Å². The first-order chi connectivity index (χ1) is 6.97. The first kappa shape index (κ1) is 10.8. The predicted octanol–water partition coefficient (Wildman–Crippen LogP) is -1.39. The monoisotopic (exact) mass is 215 g/mol. The van der Waals surface area contributed by atoms with E-state index in [1.165, 1.54) is 0 Å². The van der Waals surface area contributed by atoms with Crippen molar-refractivity contribution in [3.63, 3.8) is 0 Å². The summed E-state index contributed by atoms with van der Waals surface area (Å²) in [6, 6.07) is 0. The van der Waals surface area contributed by atoms with Gasteiger partial charge >= 0.3 is 5.85 Å². The third kappa shape index (κ3) is 2.17. The molecule has 0 aromatic carbocycles. The van der Waals surface area contributed by atoms with Crippen LogP contribution in [0.25, 0.3) is 0 Å². The van der Waals surface area contributed by atoms with Crippen molar-refractivity contribution in [3.8, 4) is 0 Å². The van der Waals surface area contributed by atoms with E-state index >= 15 is 0 Å². The van der Waals surface area contributed by atoms with E-state index in [4.69, 9.17) is 5.11 Å².